The van der Waals surface area contributed by atoms with Gasteiger partial charge in [-0.15, -0.1) is 11.3 Å². The Morgan fingerprint density at radius 1 is 1.29 bits per heavy atom. The molecule has 4 nitrogen and oxygen atoms in total. The van der Waals surface area contributed by atoms with Gasteiger partial charge in [-0.1, -0.05) is 12.1 Å². The van der Waals surface area contributed by atoms with E-state index in [1.807, 2.05) is 24.3 Å². The van der Waals surface area contributed by atoms with Gasteiger partial charge in [0.25, 0.3) is 0 Å². The Labute approximate surface area is 129 Å². The van der Waals surface area contributed by atoms with E-state index in [9.17, 15) is 0 Å². The number of benzene rings is 1. The van der Waals surface area contributed by atoms with Crippen LogP contribution in [0, 0.1) is 11.3 Å². The minimum Gasteiger partial charge on any atom is -0.348 e. The van der Waals surface area contributed by atoms with Crippen molar-refractivity contribution in [1.82, 2.24) is 10.3 Å². The van der Waals surface area contributed by atoms with Crippen molar-refractivity contribution >= 4 is 16.5 Å². The molecule has 1 aliphatic rings. The Bertz CT molecular complexity index is 635. The van der Waals surface area contributed by atoms with Crippen LogP contribution in [0.5, 0.6) is 0 Å². The molecule has 0 atom stereocenters. The summed E-state index contributed by atoms with van der Waals surface area (Å²) in [5.41, 5.74) is 2.73. The molecule has 1 aliphatic heterocycles. The van der Waals surface area contributed by atoms with Gasteiger partial charge in [0.2, 0.25) is 0 Å². The number of piperidine rings is 1. The first kappa shape index (κ1) is 14.1. The third kappa shape index (κ3) is 3.07. The summed E-state index contributed by atoms with van der Waals surface area (Å²) >= 11 is 1.69. The highest BCUT2D eigenvalue weighted by molar-refractivity contribution is 7.14. The van der Waals surface area contributed by atoms with Crippen molar-refractivity contribution in [2.75, 3.05) is 25.0 Å². The fourth-order valence-corrected chi connectivity index (χ4v) is 3.50. The summed E-state index contributed by atoms with van der Waals surface area (Å²) in [4.78, 5) is 7.06. The van der Waals surface area contributed by atoms with E-state index < -0.39 is 0 Å². The average molecular weight is 298 g/mol. The second kappa shape index (κ2) is 6.25. The molecule has 1 N–H and O–H groups in total. The summed E-state index contributed by atoms with van der Waals surface area (Å²) in [6, 6.07) is 10.3. The van der Waals surface area contributed by atoms with E-state index in [1.54, 1.807) is 11.3 Å². The Balaban J connectivity index is 1.77. The second-order valence-corrected chi connectivity index (χ2v) is 6.13. The Morgan fingerprint density at radius 3 is 2.67 bits per heavy atom. The molecule has 1 aromatic heterocycles. The molecular weight excluding hydrogens is 280 g/mol. The van der Waals surface area contributed by atoms with Crippen molar-refractivity contribution < 1.29 is 0 Å². The summed E-state index contributed by atoms with van der Waals surface area (Å²) in [5.74, 6) is 0. The zero-order valence-electron chi connectivity index (χ0n) is 12.0. The molecule has 0 radical (unpaired) electrons. The highest BCUT2D eigenvalue weighted by Gasteiger charge is 2.20. The van der Waals surface area contributed by atoms with Crippen LogP contribution in [0.4, 0.5) is 5.13 Å². The predicted molar refractivity (Wildman–Crippen MR) is 86.6 cm³/mol. The molecule has 1 aromatic carbocycles. The molecule has 21 heavy (non-hydrogen) atoms. The largest absolute Gasteiger partial charge is 0.348 e. The fraction of sp³-hybridized carbons (Fsp3) is 0.375. The number of nitrogens with zero attached hydrogens (tertiary/aromatic N) is 3. The molecule has 1 saturated heterocycles. The first-order valence-corrected chi connectivity index (χ1v) is 8.05. The molecule has 108 valence electrons. The first-order chi connectivity index (χ1) is 10.3. The lowest BCUT2D eigenvalue weighted by Crippen LogP contribution is -2.41. The second-order valence-electron chi connectivity index (χ2n) is 5.30. The van der Waals surface area contributed by atoms with Gasteiger partial charge < -0.3 is 10.2 Å². The van der Waals surface area contributed by atoms with Crippen molar-refractivity contribution in [3.05, 3.63) is 35.2 Å². The van der Waals surface area contributed by atoms with E-state index in [0.717, 1.165) is 29.5 Å². The van der Waals surface area contributed by atoms with Crippen LogP contribution < -0.4 is 10.2 Å². The highest BCUT2D eigenvalue weighted by atomic mass is 32.1. The Morgan fingerprint density at radius 2 is 2.00 bits per heavy atom. The monoisotopic (exact) mass is 298 g/mol. The smallest absolute Gasteiger partial charge is 0.185 e. The number of rotatable bonds is 3. The standard InChI is InChI=1S/C16H18N4S/c1-20(14-6-8-18-9-7-14)16-19-15(11-21-16)13-4-2-12(10-17)3-5-13/h2-5,11,14,18H,6-9H2,1H3. The van der Waals surface area contributed by atoms with Crippen LogP contribution in [-0.4, -0.2) is 31.2 Å². The summed E-state index contributed by atoms with van der Waals surface area (Å²) in [6.07, 6.45) is 2.34. The molecule has 0 aliphatic carbocycles. The van der Waals surface area contributed by atoms with Gasteiger partial charge in [-0.05, 0) is 38.1 Å². The first-order valence-electron chi connectivity index (χ1n) is 7.17. The van der Waals surface area contributed by atoms with E-state index in [0.29, 0.717) is 11.6 Å². The number of hydrogen-bond donors (Lipinski definition) is 1. The van der Waals surface area contributed by atoms with E-state index in [4.69, 9.17) is 10.2 Å². The SMILES string of the molecule is CN(c1nc(-c2ccc(C#N)cc2)cs1)C1CCNCC1. The molecule has 0 unspecified atom stereocenters. The molecular formula is C16H18N4S. The zero-order valence-corrected chi connectivity index (χ0v) is 12.9. The molecule has 3 rings (SSSR count). The minimum absolute atomic E-state index is 0.575. The average Bonchev–Trinajstić information content (AvgIpc) is 3.05. The topological polar surface area (TPSA) is 52.0 Å². The van der Waals surface area contributed by atoms with Crippen molar-refractivity contribution in [1.29, 1.82) is 5.26 Å². The lowest BCUT2D eigenvalue weighted by molar-refractivity contribution is 0.443. The van der Waals surface area contributed by atoms with Crippen LogP contribution in [0.3, 0.4) is 0 Å². The number of nitrogens with one attached hydrogen (secondary N) is 1. The van der Waals surface area contributed by atoms with Gasteiger partial charge in [-0.25, -0.2) is 4.98 Å². The summed E-state index contributed by atoms with van der Waals surface area (Å²) in [6.45, 7) is 2.17. The third-order valence-electron chi connectivity index (χ3n) is 3.96. The number of thiazole rings is 1. The normalized spacial score (nSPS) is 15.6. The van der Waals surface area contributed by atoms with Crippen LogP contribution in [0.2, 0.25) is 0 Å². The summed E-state index contributed by atoms with van der Waals surface area (Å²) in [5, 5.41) is 15.4. The van der Waals surface area contributed by atoms with Gasteiger partial charge in [0.05, 0.1) is 17.3 Å². The van der Waals surface area contributed by atoms with Crippen molar-refractivity contribution in [2.24, 2.45) is 0 Å². The number of aromatic nitrogens is 1. The third-order valence-corrected chi connectivity index (χ3v) is 4.89. The number of anilines is 1. The van der Waals surface area contributed by atoms with Gasteiger partial charge >= 0.3 is 0 Å². The van der Waals surface area contributed by atoms with E-state index in [1.165, 1.54) is 12.8 Å². The van der Waals surface area contributed by atoms with Gasteiger partial charge in [-0.3, -0.25) is 0 Å². The molecule has 2 aromatic rings. The molecule has 0 bridgehead atoms. The zero-order chi connectivity index (χ0) is 14.7. The van der Waals surface area contributed by atoms with Gasteiger partial charge in [0.1, 0.15) is 0 Å². The van der Waals surface area contributed by atoms with Crippen molar-refractivity contribution in [3.63, 3.8) is 0 Å². The number of nitriles is 1. The van der Waals surface area contributed by atoms with Crippen LogP contribution in [0.1, 0.15) is 18.4 Å². The van der Waals surface area contributed by atoms with Crippen molar-refractivity contribution in [3.8, 4) is 17.3 Å². The van der Waals surface area contributed by atoms with Crippen LogP contribution >= 0.6 is 11.3 Å². The molecule has 5 heteroatoms. The minimum atomic E-state index is 0.575. The lowest BCUT2D eigenvalue weighted by Gasteiger charge is -2.31. The van der Waals surface area contributed by atoms with Crippen LogP contribution in [0.15, 0.2) is 29.6 Å². The maximum absolute atomic E-state index is 8.84. The summed E-state index contributed by atoms with van der Waals surface area (Å²) < 4.78 is 0. The summed E-state index contributed by atoms with van der Waals surface area (Å²) in [7, 11) is 2.14. The maximum atomic E-state index is 8.84. The van der Waals surface area contributed by atoms with Gasteiger partial charge in [-0.2, -0.15) is 5.26 Å². The Hall–Kier alpha value is -1.90. The predicted octanol–water partition coefficient (Wildman–Crippen LogP) is 2.87. The van der Waals surface area contributed by atoms with E-state index in [-0.39, 0.29) is 0 Å². The molecule has 0 saturated carbocycles. The lowest BCUT2D eigenvalue weighted by atomic mass is 10.1. The maximum Gasteiger partial charge on any atom is 0.185 e. The number of hydrogen-bond acceptors (Lipinski definition) is 5. The quantitative estimate of drug-likeness (QED) is 0.946. The van der Waals surface area contributed by atoms with E-state index >= 15 is 0 Å². The Kier molecular flexibility index (Phi) is 4.18. The van der Waals surface area contributed by atoms with Gasteiger partial charge in [0, 0.05) is 24.0 Å². The molecule has 0 amide bonds. The molecule has 0 spiro atoms. The molecule has 2 heterocycles. The van der Waals surface area contributed by atoms with Crippen LogP contribution in [-0.2, 0) is 0 Å². The fourth-order valence-electron chi connectivity index (χ4n) is 2.62. The highest BCUT2D eigenvalue weighted by Crippen LogP contribution is 2.29. The molecule has 1 fully saturated rings. The van der Waals surface area contributed by atoms with Gasteiger partial charge in [0.15, 0.2) is 5.13 Å². The van der Waals surface area contributed by atoms with Crippen molar-refractivity contribution in [2.45, 2.75) is 18.9 Å². The van der Waals surface area contributed by atoms with E-state index in [2.05, 4.69) is 28.7 Å². The van der Waals surface area contributed by atoms with Crippen LogP contribution in [0.25, 0.3) is 11.3 Å².